The van der Waals surface area contributed by atoms with Crippen LogP contribution in [0.3, 0.4) is 0 Å². The van der Waals surface area contributed by atoms with Gasteiger partial charge in [0.05, 0.1) is 11.0 Å². The van der Waals surface area contributed by atoms with Crippen molar-refractivity contribution >= 4 is 46.9 Å². The van der Waals surface area contributed by atoms with Gasteiger partial charge in [0.25, 0.3) is 5.91 Å². The van der Waals surface area contributed by atoms with Crippen molar-refractivity contribution < 1.29 is 9.53 Å². The number of ether oxygens (including phenoxy) is 1. The molecule has 0 saturated carbocycles. The van der Waals surface area contributed by atoms with E-state index in [0.717, 1.165) is 81.2 Å². The number of nitrogens with zero attached hydrogens (tertiary/aromatic N) is 4. The largest absolute Gasteiger partial charge is 0.368 e. The summed E-state index contributed by atoms with van der Waals surface area (Å²) in [7, 11) is 1.81. The number of carbonyl (C=O) groups excluding carboxylic acids is 1. The molecule has 2 saturated heterocycles. The lowest BCUT2D eigenvalue weighted by Gasteiger charge is -2.37. The van der Waals surface area contributed by atoms with Crippen molar-refractivity contribution in [2.24, 2.45) is 4.99 Å². The zero-order valence-corrected chi connectivity index (χ0v) is 19.8. The van der Waals surface area contributed by atoms with Gasteiger partial charge in [-0.05, 0) is 31.4 Å². The van der Waals surface area contributed by atoms with E-state index < -0.39 is 0 Å². The number of imidazole rings is 1. The molecule has 3 heterocycles. The quantitative estimate of drug-likeness (QED) is 0.270. The third kappa shape index (κ3) is 5.42. The molecule has 0 aliphatic carbocycles. The van der Waals surface area contributed by atoms with Crippen LogP contribution >= 0.6 is 24.0 Å². The molecule has 0 radical (unpaired) electrons. The predicted octanol–water partition coefficient (Wildman–Crippen LogP) is 2.01. The molecule has 0 spiro atoms. The summed E-state index contributed by atoms with van der Waals surface area (Å²) in [5, 5.41) is 3.45. The summed E-state index contributed by atoms with van der Waals surface area (Å²) in [5.41, 5.74) is 2.10. The van der Waals surface area contributed by atoms with E-state index >= 15 is 0 Å². The van der Waals surface area contributed by atoms with Crippen molar-refractivity contribution in [1.82, 2.24) is 25.1 Å². The summed E-state index contributed by atoms with van der Waals surface area (Å²) in [6.07, 6.45) is 3.48. The van der Waals surface area contributed by atoms with Crippen molar-refractivity contribution in [3.63, 3.8) is 0 Å². The number of hydrogen-bond acceptors (Lipinski definition) is 4. The molecule has 2 fully saturated rings. The molecule has 30 heavy (non-hydrogen) atoms. The monoisotopic (exact) mass is 526 g/mol. The Morgan fingerprint density at radius 2 is 2.03 bits per heavy atom. The predicted molar refractivity (Wildman–Crippen MR) is 128 cm³/mol. The number of rotatable bonds is 5. The van der Waals surface area contributed by atoms with Gasteiger partial charge in [-0.25, -0.2) is 4.98 Å². The van der Waals surface area contributed by atoms with E-state index in [4.69, 9.17) is 4.74 Å². The Morgan fingerprint density at radius 3 is 2.73 bits per heavy atom. The summed E-state index contributed by atoms with van der Waals surface area (Å²) in [6.45, 7) is 4.57. The standard InChI is InChI=1S/C21H30N6O2.HI/c1-22-21(23-10-4-9-19-24-16-6-2-3-7-17(16)25-19)27-13-11-26(12-14-27)20(28)18-8-5-15-29-18;/h2-3,6-7,18H,4-5,8-15H2,1H3,(H,22,23)(H,24,25);1H. The van der Waals surface area contributed by atoms with Crippen LogP contribution in [0.5, 0.6) is 0 Å². The van der Waals surface area contributed by atoms with Crippen LogP contribution in [0, 0.1) is 0 Å². The van der Waals surface area contributed by atoms with Gasteiger partial charge >= 0.3 is 0 Å². The topological polar surface area (TPSA) is 85.9 Å². The minimum absolute atomic E-state index is 0. The van der Waals surface area contributed by atoms with Gasteiger partial charge in [0, 0.05) is 52.8 Å². The molecule has 1 unspecified atom stereocenters. The number of H-pyrrole nitrogens is 1. The minimum atomic E-state index is -0.225. The number of para-hydroxylation sites is 2. The molecule has 9 heteroatoms. The van der Waals surface area contributed by atoms with E-state index in [1.165, 1.54) is 0 Å². The summed E-state index contributed by atoms with van der Waals surface area (Å²) < 4.78 is 5.54. The van der Waals surface area contributed by atoms with Gasteiger partial charge in [0.2, 0.25) is 0 Å². The van der Waals surface area contributed by atoms with Crippen LogP contribution in [0.15, 0.2) is 29.3 Å². The minimum Gasteiger partial charge on any atom is -0.368 e. The number of halogens is 1. The number of aliphatic imine (C=N–C) groups is 1. The number of aryl methyl sites for hydroxylation is 1. The fourth-order valence-electron chi connectivity index (χ4n) is 4.03. The molecular weight excluding hydrogens is 495 g/mol. The van der Waals surface area contributed by atoms with Gasteiger partial charge < -0.3 is 24.8 Å². The Bertz CT molecular complexity index is 823. The highest BCUT2D eigenvalue weighted by atomic mass is 127. The van der Waals surface area contributed by atoms with Gasteiger partial charge in [-0.3, -0.25) is 9.79 Å². The SMILES string of the molecule is CN=C(NCCCc1nc2ccccc2[nH]1)N1CCN(C(=O)C2CCCO2)CC1.I. The number of aromatic nitrogens is 2. The number of hydrogen-bond donors (Lipinski definition) is 2. The van der Waals surface area contributed by atoms with Crippen molar-refractivity contribution in [1.29, 1.82) is 0 Å². The molecule has 2 aromatic rings. The van der Waals surface area contributed by atoms with Gasteiger partial charge in [0.15, 0.2) is 5.96 Å². The average molecular weight is 526 g/mol. The van der Waals surface area contributed by atoms with Crippen LogP contribution in [0.1, 0.15) is 25.1 Å². The highest BCUT2D eigenvalue weighted by Gasteiger charge is 2.30. The molecule has 2 N–H and O–H groups in total. The van der Waals surface area contributed by atoms with Gasteiger partial charge in [0.1, 0.15) is 11.9 Å². The fraction of sp³-hybridized carbons (Fsp3) is 0.571. The Kier molecular flexibility index (Phi) is 8.32. The van der Waals surface area contributed by atoms with Crippen molar-refractivity contribution in [3.05, 3.63) is 30.1 Å². The second-order valence-electron chi connectivity index (χ2n) is 7.59. The Labute approximate surface area is 194 Å². The fourth-order valence-corrected chi connectivity index (χ4v) is 4.03. The highest BCUT2D eigenvalue weighted by molar-refractivity contribution is 14.0. The maximum atomic E-state index is 12.5. The van der Waals surface area contributed by atoms with Crippen LogP contribution in [0.4, 0.5) is 0 Å². The van der Waals surface area contributed by atoms with E-state index in [1.807, 2.05) is 30.1 Å². The van der Waals surface area contributed by atoms with E-state index in [1.54, 1.807) is 0 Å². The number of fused-ring (bicyclic) bond motifs is 1. The number of nitrogens with one attached hydrogen (secondary N) is 2. The number of guanidine groups is 1. The zero-order chi connectivity index (χ0) is 20.1. The van der Waals surface area contributed by atoms with Crippen LogP contribution in [-0.4, -0.2) is 84.1 Å². The maximum absolute atomic E-state index is 12.5. The third-order valence-electron chi connectivity index (χ3n) is 5.62. The number of piperazine rings is 1. The van der Waals surface area contributed by atoms with E-state index in [9.17, 15) is 4.79 Å². The first-order valence-corrected chi connectivity index (χ1v) is 10.5. The second-order valence-corrected chi connectivity index (χ2v) is 7.59. The summed E-state index contributed by atoms with van der Waals surface area (Å²) >= 11 is 0. The van der Waals surface area contributed by atoms with Crippen LogP contribution in [0.2, 0.25) is 0 Å². The first-order valence-electron chi connectivity index (χ1n) is 10.5. The molecule has 164 valence electrons. The van der Waals surface area contributed by atoms with Gasteiger partial charge in [-0.15, -0.1) is 24.0 Å². The molecule has 2 aliphatic rings. The zero-order valence-electron chi connectivity index (χ0n) is 17.5. The van der Waals surface area contributed by atoms with Crippen LogP contribution < -0.4 is 5.32 Å². The molecule has 8 nitrogen and oxygen atoms in total. The van der Waals surface area contributed by atoms with Crippen LogP contribution in [0.25, 0.3) is 11.0 Å². The smallest absolute Gasteiger partial charge is 0.251 e. The van der Waals surface area contributed by atoms with Crippen molar-refractivity contribution in [2.45, 2.75) is 31.8 Å². The molecule has 1 aromatic heterocycles. The van der Waals surface area contributed by atoms with E-state index in [0.29, 0.717) is 6.61 Å². The molecule has 1 atom stereocenters. The van der Waals surface area contributed by atoms with Gasteiger partial charge in [-0.1, -0.05) is 12.1 Å². The second kappa shape index (κ2) is 10.9. The summed E-state index contributed by atoms with van der Waals surface area (Å²) in [5.74, 6) is 2.07. The number of benzene rings is 1. The third-order valence-corrected chi connectivity index (χ3v) is 5.62. The lowest BCUT2D eigenvalue weighted by atomic mass is 10.2. The Balaban J connectivity index is 0.00000256. The lowest BCUT2D eigenvalue weighted by molar-refractivity contribution is -0.142. The molecule has 1 aromatic carbocycles. The summed E-state index contributed by atoms with van der Waals surface area (Å²) in [4.78, 5) is 29.1. The number of amides is 1. The highest BCUT2D eigenvalue weighted by Crippen LogP contribution is 2.16. The maximum Gasteiger partial charge on any atom is 0.251 e. The first kappa shape index (κ1) is 22.8. The summed E-state index contributed by atoms with van der Waals surface area (Å²) in [6, 6.07) is 8.10. The molecule has 1 amide bonds. The van der Waals surface area contributed by atoms with Crippen LogP contribution in [-0.2, 0) is 16.0 Å². The Hall–Kier alpha value is -1.88. The lowest BCUT2D eigenvalue weighted by Crippen LogP contribution is -2.55. The normalized spacial score (nSPS) is 19.8. The van der Waals surface area contributed by atoms with E-state index in [-0.39, 0.29) is 36.0 Å². The van der Waals surface area contributed by atoms with Gasteiger partial charge in [-0.2, -0.15) is 0 Å². The average Bonchev–Trinajstić information content (AvgIpc) is 3.43. The number of carbonyl (C=O) groups is 1. The van der Waals surface area contributed by atoms with Crippen molar-refractivity contribution in [3.8, 4) is 0 Å². The van der Waals surface area contributed by atoms with E-state index in [2.05, 4.69) is 31.2 Å². The molecule has 0 bridgehead atoms. The Morgan fingerprint density at radius 1 is 1.27 bits per heavy atom. The molecule has 2 aliphatic heterocycles. The molecular formula is C21H31IN6O2. The number of aromatic amines is 1. The first-order chi connectivity index (χ1) is 14.2. The molecule has 4 rings (SSSR count). The van der Waals surface area contributed by atoms with Crippen molar-refractivity contribution in [2.75, 3.05) is 46.4 Å².